The van der Waals surface area contributed by atoms with Gasteiger partial charge in [-0.1, -0.05) is 78.3 Å². The highest BCUT2D eigenvalue weighted by Gasteiger charge is 2.13. The first kappa shape index (κ1) is 18.7. The largest absolute Gasteiger partial charge is 0.456 e. The second-order valence-corrected chi connectivity index (χ2v) is 9.72. The van der Waals surface area contributed by atoms with Gasteiger partial charge in [0, 0.05) is 30.9 Å². The third-order valence-electron chi connectivity index (χ3n) is 6.57. The third kappa shape index (κ3) is 2.93. The van der Waals surface area contributed by atoms with Crippen LogP contribution in [-0.2, 0) is 0 Å². The molecule has 154 valence electrons. The number of furan rings is 1. The minimum absolute atomic E-state index is 0.929. The Morgan fingerprint density at radius 3 is 2.03 bits per heavy atom. The van der Waals surface area contributed by atoms with Gasteiger partial charge in [0.15, 0.2) is 0 Å². The van der Waals surface area contributed by atoms with Gasteiger partial charge in [-0.15, -0.1) is 11.3 Å². The smallest absolute Gasteiger partial charge is 0.139 e. The maximum atomic E-state index is 6.19. The SMILES string of the molecule is Bc1ccc(-c2ccc3oc4ccc(-c5cccc6c5sc5ccccc56)cc4c3c2)cc1. The highest BCUT2D eigenvalue weighted by molar-refractivity contribution is 7.26. The molecule has 0 aliphatic rings. The number of thiophene rings is 1. The molecule has 0 fully saturated rings. The summed E-state index contributed by atoms with van der Waals surface area (Å²) in [6.07, 6.45) is 0. The normalized spacial score (nSPS) is 11.8. The fraction of sp³-hybridized carbons (Fsp3) is 0. The molecule has 0 amide bonds. The number of hydrogen-bond acceptors (Lipinski definition) is 2. The van der Waals surface area contributed by atoms with E-state index in [4.69, 9.17) is 4.42 Å². The Morgan fingerprint density at radius 2 is 1.21 bits per heavy atom. The van der Waals surface area contributed by atoms with Crippen LogP contribution >= 0.6 is 11.3 Å². The van der Waals surface area contributed by atoms with E-state index >= 15 is 0 Å². The molecule has 33 heavy (non-hydrogen) atoms. The molecule has 0 aliphatic carbocycles. The molecule has 0 spiro atoms. The molecule has 7 rings (SSSR count). The number of hydrogen-bond donors (Lipinski definition) is 0. The fourth-order valence-electron chi connectivity index (χ4n) is 4.84. The lowest BCUT2D eigenvalue weighted by Gasteiger charge is -2.05. The summed E-state index contributed by atoms with van der Waals surface area (Å²) in [5.41, 5.74) is 8.07. The molecular weight excluding hydrogens is 419 g/mol. The molecule has 0 saturated heterocycles. The molecule has 0 N–H and O–H groups in total. The minimum atomic E-state index is 0.929. The van der Waals surface area contributed by atoms with Crippen LogP contribution in [0.15, 0.2) is 108 Å². The molecule has 0 unspecified atom stereocenters. The Hall–Kier alpha value is -3.82. The first-order valence-corrected chi connectivity index (χ1v) is 12.0. The van der Waals surface area contributed by atoms with Crippen LogP contribution in [0.2, 0.25) is 0 Å². The Labute approximate surface area is 196 Å². The summed E-state index contributed by atoms with van der Waals surface area (Å²) in [7, 11) is 2.12. The number of benzene rings is 5. The summed E-state index contributed by atoms with van der Waals surface area (Å²) < 4.78 is 8.86. The summed E-state index contributed by atoms with van der Waals surface area (Å²) in [4.78, 5) is 0. The summed E-state index contributed by atoms with van der Waals surface area (Å²) in [5, 5.41) is 4.98. The van der Waals surface area contributed by atoms with E-state index in [1.807, 2.05) is 11.3 Å². The zero-order valence-corrected chi connectivity index (χ0v) is 18.9. The van der Waals surface area contributed by atoms with Gasteiger partial charge in [-0.2, -0.15) is 0 Å². The third-order valence-corrected chi connectivity index (χ3v) is 7.79. The van der Waals surface area contributed by atoms with Crippen molar-refractivity contribution in [2.45, 2.75) is 0 Å². The lowest BCUT2D eigenvalue weighted by Crippen LogP contribution is -1.98. The Kier molecular flexibility index (Phi) is 4.03. The minimum Gasteiger partial charge on any atom is -0.456 e. The van der Waals surface area contributed by atoms with Gasteiger partial charge < -0.3 is 4.42 Å². The van der Waals surface area contributed by atoms with Crippen molar-refractivity contribution < 1.29 is 4.42 Å². The summed E-state index contributed by atoms with van der Waals surface area (Å²) >= 11 is 1.87. The van der Waals surface area contributed by atoms with Gasteiger partial charge in [0.25, 0.3) is 0 Å². The predicted molar refractivity (Wildman–Crippen MR) is 146 cm³/mol. The molecule has 0 saturated carbocycles. The van der Waals surface area contributed by atoms with Crippen LogP contribution in [-0.4, -0.2) is 7.85 Å². The van der Waals surface area contributed by atoms with Crippen molar-refractivity contribution in [3.8, 4) is 22.3 Å². The Balaban J connectivity index is 1.45. The van der Waals surface area contributed by atoms with Crippen molar-refractivity contribution >= 4 is 66.8 Å². The van der Waals surface area contributed by atoms with Gasteiger partial charge in [-0.25, -0.2) is 0 Å². The zero-order chi connectivity index (χ0) is 21.9. The predicted octanol–water partition coefficient (Wildman–Crippen LogP) is 7.55. The van der Waals surface area contributed by atoms with E-state index in [0.717, 1.165) is 21.9 Å². The molecule has 1 nitrogen and oxygen atoms in total. The molecule has 7 aromatic rings. The molecule has 0 atom stereocenters. The van der Waals surface area contributed by atoms with E-state index < -0.39 is 0 Å². The van der Waals surface area contributed by atoms with E-state index in [9.17, 15) is 0 Å². The molecule has 2 aromatic heterocycles. The number of fused-ring (bicyclic) bond motifs is 6. The van der Waals surface area contributed by atoms with Crippen LogP contribution in [0.4, 0.5) is 0 Å². The van der Waals surface area contributed by atoms with Gasteiger partial charge in [0.2, 0.25) is 0 Å². The zero-order valence-electron chi connectivity index (χ0n) is 18.1. The molecular formula is C30H19BOS. The van der Waals surface area contributed by atoms with E-state index in [1.54, 1.807) is 0 Å². The second kappa shape index (κ2) is 7.09. The Morgan fingerprint density at radius 1 is 0.545 bits per heavy atom. The van der Waals surface area contributed by atoms with Crippen molar-refractivity contribution in [1.29, 1.82) is 0 Å². The average molecular weight is 438 g/mol. The highest BCUT2D eigenvalue weighted by Crippen LogP contribution is 2.41. The van der Waals surface area contributed by atoms with Crippen molar-refractivity contribution in [3.05, 3.63) is 103 Å². The van der Waals surface area contributed by atoms with Crippen molar-refractivity contribution in [2.24, 2.45) is 0 Å². The molecule has 3 heteroatoms. The van der Waals surface area contributed by atoms with Gasteiger partial charge in [-0.05, 0) is 52.6 Å². The summed E-state index contributed by atoms with van der Waals surface area (Å²) in [6.45, 7) is 0. The first-order valence-electron chi connectivity index (χ1n) is 11.2. The van der Waals surface area contributed by atoms with Gasteiger partial charge in [-0.3, -0.25) is 0 Å². The molecule has 2 heterocycles. The quantitative estimate of drug-likeness (QED) is 0.254. The molecule has 5 aromatic carbocycles. The topological polar surface area (TPSA) is 13.1 Å². The second-order valence-electron chi connectivity index (χ2n) is 8.67. The van der Waals surface area contributed by atoms with Crippen molar-refractivity contribution in [3.63, 3.8) is 0 Å². The van der Waals surface area contributed by atoms with Crippen LogP contribution in [0.3, 0.4) is 0 Å². The molecule has 0 aliphatic heterocycles. The van der Waals surface area contributed by atoms with Gasteiger partial charge >= 0.3 is 0 Å². The standard InChI is InChI=1S/C30H19BOS/c31-21-12-8-18(9-13-21)19-10-14-27-25(16-19)26-17-20(11-15-28(26)32-27)22-5-3-6-24-23-4-1-2-7-29(23)33-30(22)24/h1-17H,31H2. The number of rotatable bonds is 2. The highest BCUT2D eigenvalue weighted by atomic mass is 32.1. The lowest BCUT2D eigenvalue weighted by molar-refractivity contribution is 0.669. The van der Waals surface area contributed by atoms with Crippen LogP contribution < -0.4 is 5.46 Å². The van der Waals surface area contributed by atoms with Crippen LogP contribution in [0.25, 0.3) is 64.4 Å². The average Bonchev–Trinajstić information content (AvgIpc) is 3.42. The fourth-order valence-corrected chi connectivity index (χ4v) is 6.08. The maximum absolute atomic E-state index is 6.19. The Bertz CT molecular complexity index is 1820. The maximum Gasteiger partial charge on any atom is 0.139 e. The first-order chi connectivity index (χ1) is 16.2. The van der Waals surface area contributed by atoms with Gasteiger partial charge in [0.1, 0.15) is 19.0 Å². The van der Waals surface area contributed by atoms with E-state index in [0.29, 0.717) is 0 Å². The van der Waals surface area contributed by atoms with Crippen LogP contribution in [0, 0.1) is 0 Å². The molecule has 0 radical (unpaired) electrons. The van der Waals surface area contributed by atoms with Gasteiger partial charge in [0.05, 0.1) is 0 Å². The van der Waals surface area contributed by atoms with E-state index in [1.165, 1.54) is 47.9 Å². The monoisotopic (exact) mass is 438 g/mol. The molecule has 0 bridgehead atoms. The van der Waals surface area contributed by atoms with E-state index in [2.05, 4.69) is 111 Å². The van der Waals surface area contributed by atoms with E-state index in [-0.39, 0.29) is 0 Å². The van der Waals surface area contributed by atoms with Crippen molar-refractivity contribution in [1.82, 2.24) is 0 Å². The van der Waals surface area contributed by atoms with Crippen molar-refractivity contribution in [2.75, 3.05) is 0 Å². The summed E-state index contributed by atoms with van der Waals surface area (Å²) in [5.74, 6) is 0. The van der Waals surface area contributed by atoms with Crippen LogP contribution in [0.1, 0.15) is 0 Å². The van der Waals surface area contributed by atoms with Crippen LogP contribution in [0.5, 0.6) is 0 Å². The summed E-state index contributed by atoms with van der Waals surface area (Å²) in [6, 6.07) is 37.1. The lowest BCUT2D eigenvalue weighted by atomic mass is 9.93.